The summed E-state index contributed by atoms with van der Waals surface area (Å²) in [5.41, 5.74) is 2.60. The van der Waals surface area contributed by atoms with Crippen LogP contribution in [0.1, 0.15) is 24.5 Å². The largest absolute Gasteiger partial charge is 0.488 e. The van der Waals surface area contributed by atoms with E-state index in [4.69, 9.17) is 16.3 Å². The molecule has 3 aromatic rings. The first kappa shape index (κ1) is 23.0. The van der Waals surface area contributed by atoms with Gasteiger partial charge in [0.2, 0.25) is 0 Å². The van der Waals surface area contributed by atoms with Crippen molar-refractivity contribution in [2.24, 2.45) is 5.92 Å². The summed E-state index contributed by atoms with van der Waals surface area (Å²) in [5.74, 6) is 0.823. The summed E-state index contributed by atoms with van der Waals surface area (Å²) < 4.78 is 33.8. The number of likely N-dealkylation sites (tertiary alicyclic amines) is 1. The zero-order valence-electron chi connectivity index (χ0n) is 18.0. The molecule has 1 aromatic heterocycles. The highest BCUT2D eigenvalue weighted by Crippen LogP contribution is 2.32. The van der Waals surface area contributed by atoms with Gasteiger partial charge in [0.1, 0.15) is 11.9 Å². The predicted octanol–water partition coefficient (Wildman–Crippen LogP) is 5.20. The summed E-state index contributed by atoms with van der Waals surface area (Å²) in [4.78, 5) is 6.48. The molecule has 32 heavy (non-hydrogen) atoms. The van der Waals surface area contributed by atoms with Gasteiger partial charge >= 0.3 is 0 Å². The summed E-state index contributed by atoms with van der Waals surface area (Å²) in [6.45, 7) is 7.09. The summed E-state index contributed by atoms with van der Waals surface area (Å²) in [5, 5.41) is 2.30. The van der Waals surface area contributed by atoms with E-state index in [1.165, 1.54) is 34.6 Å². The Morgan fingerprint density at radius 1 is 1.28 bits per heavy atom. The number of ether oxygens (including phenoxy) is 1. The number of aryl methyl sites for hydroxylation is 1. The monoisotopic (exact) mass is 491 g/mol. The highest BCUT2D eigenvalue weighted by Gasteiger charge is 2.28. The first-order valence-corrected chi connectivity index (χ1v) is 13.2. The van der Waals surface area contributed by atoms with Gasteiger partial charge in [-0.2, -0.15) is 0 Å². The van der Waals surface area contributed by atoms with Gasteiger partial charge in [0.15, 0.2) is 5.13 Å². The normalized spacial score (nSPS) is 19.6. The lowest BCUT2D eigenvalue weighted by molar-refractivity contribution is 0.0490. The van der Waals surface area contributed by atoms with Crippen LogP contribution in [-0.4, -0.2) is 37.5 Å². The van der Waals surface area contributed by atoms with Gasteiger partial charge in [-0.1, -0.05) is 48.4 Å². The molecule has 170 valence electrons. The van der Waals surface area contributed by atoms with Gasteiger partial charge in [-0.05, 0) is 37.1 Å². The number of aromatic nitrogens is 1. The summed E-state index contributed by atoms with van der Waals surface area (Å²) in [6, 6.07) is 13.2. The molecule has 0 saturated carbocycles. The fraction of sp³-hybridized carbons (Fsp3) is 0.348. The van der Waals surface area contributed by atoms with Crippen LogP contribution in [-0.2, 0) is 16.6 Å². The molecule has 6 nitrogen and oxygen atoms in total. The van der Waals surface area contributed by atoms with Crippen molar-refractivity contribution in [3.8, 4) is 5.75 Å². The van der Waals surface area contributed by atoms with Crippen LogP contribution in [0.25, 0.3) is 0 Å². The standard InChI is InChI=1S/C23H26ClN3O3S2/c1-16-4-3-5-18(12-16)15-27-10-8-21(17(2)14-27)30-22-7-6-19(13-20(22)24)32(28,29)26-23-25-9-11-31-23/h3-7,9,11-13,17,21H,8,10,14-15H2,1-2H3,(H,25,26)/t17-,21-/m1/s1. The maximum absolute atomic E-state index is 12.6. The Kier molecular flexibility index (Phi) is 7.05. The first-order valence-electron chi connectivity index (χ1n) is 10.5. The number of thiazole rings is 1. The number of rotatable bonds is 7. The molecule has 0 spiro atoms. The Balaban J connectivity index is 1.38. The number of nitrogens with one attached hydrogen (secondary N) is 1. The SMILES string of the molecule is Cc1cccc(CN2CC[C@@H](Oc3ccc(S(=O)(=O)Nc4nccs4)cc3Cl)[C@H](C)C2)c1. The zero-order valence-corrected chi connectivity index (χ0v) is 20.4. The number of sulfonamides is 1. The molecule has 0 unspecified atom stereocenters. The Hall–Kier alpha value is -2.13. The molecule has 2 heterocycles. The Bertz CT molecular complexity index is 1170. The quantitative estimate of drug-likeness (QED) is 0.492. The van der Waals surface area contributed by atoms with E-state index in [1.807, 2.05) is 0 Å². The molecule has 1 N–H and O–H groups in total. The van der Waals surface area contributed by atoms with Crippen molar-refractivity contribution in [1.29, 1.82) is 0 Å². The second kappa shape index (κ2) is 9.79. The van der Waals surface area contributed by atoms with E-state index in [1.54, 1.807) is 17.6 Å². The molecule has 0 bridgehead atoms. The van der Waals surface area contributed by atoms with Crippen LogP contribution in [0, 0.1) is 12.8 Å². The smallest absolute Gasteiger partial charge is 0.263 e. The van der Waals surface area contributed by atoms with Crippen molar-refractivity contribution in [3.63, 3.8) is 0 Å². The minimum Gasteiger partial charge on any atom is -0.488 e. The number of halogens is 1. The van der Waals surface area contributed by atoms with Crippen LogP contribution in [0.5, 0.6) is 5.75 Å². The highest BCUT2D eigenvalue weighted by molar-refractivity contribution is 7.93. The molecule has 4 rings (SSSR count). The van der Waals surface area contributed by atoms with Gasteiger partial charge in [-0.25, -0.2) is 13.4 Å². The van der Waals surface area contributed by atoms with Crippen molar-refractivity contribution >= 4 is 38.1 Å². The van der Waals surface area contributed by atoms with E-state index in [9.17, 15) is 8.42 Å². The maximum Gasteiger partial charge on any atom is 0.263 e. The van der Waals surface area contributed by atoms with Gasteiger partial charge < -0.3 is 4.74 Å². The molecule has 2 atom stereocenters. The molecule has 2 aromatic carbocycles. The fourth-order valence-corrected chi connectivity index (χ4v) is 6.06. The number of hydrogen-bond donors (Lipinski definition) is 1. The number of piperidine rings is 1. The third-order valence-corrected chi connectivity index (χ3v) is 8.00. The Morgan fingerprint density at radius 3 is 2.81 bits per heavy atom. The Morgan fingerprint density at radius 2 is 2.12 bits per heavy atom. The fourth-order valence-electron chi connectivity index (χ4n) is 3.95. The van der Waals surface area contributed by atoms with Crippen molar-refractivity contribution in [1.82, 2.24) is 9.88 Å². The molecule has 0 amide bonds. The molecule has 1 aliphatic heterocycles. The lowest BCUT2D eigenvalue weighted by Crippen LogP contribution is -2.44. The van der Waals surface area contributed by atoms with E-state index in [0.717, 1.165) is 26.1 Å². The molecule has 0 radical (unpaired) electrons. The molecule has 1 aliphatic rings. The van der Waals surface area contributed by atoms with Gasteiger partial charge in [-0.15, -0.1) is 11.3 Å². The van der Waals surface area contributed by atoms with Crippen LogP contribution in [0.3, 0.4) is 0 Å². The van der Waals surface area contributed by atoms with Crippen LogP contribution in [0.2, 0.25) is 5.02 Å². The topological polar surface area (TPSA) is 71.5 Å². The highest BCUT2D eigenvalue weighted by atomic mass is 35.5. The summed E-state index contributed by atoms with van der Waals surface area (Å²) in [6.07, 6.45) is 2.45. The van der Waals surface area contributed by atoms with Crippen molar-refractivity contribution in [2.45, 2.75) is 37.8 Å². The second-order valence-corrected chi connectivity index (χ2v) is 11.2. The average Bonchev–Trinajstić information content (AvgIpc) is 3.23. The van der Waals surface area contributed by atoms with Crippen molar-refractivity contribution < 1.29 is 13.2 Å². The lowest BCUT2D eigenvalue weighted by atomic mass is 9.96. The lowest BCUT2D eigenvalue weighted by Gasteiger charge is -2.37. The average molecular weight is 492 g/mol. The predicted molar refractivity (Wildman–Crippen MR) is 129 cm³/mol. The van der Waals surface area contributed by atoms with E-state index in [0.29, 0.717) is 16.8 Å². The molecular weight excluding hydrogens is 466 g/mol. The molecule has 0 aliphatic carbocycles. The second-order valence-electron chi connectivity index (χ2n) is 8.18. The molecular formula is C23H26ClN3O3S2. The van der Waals surface area contributed by atoms with E-state index < -0.39 is 10.0 Å². The third-order valence-electron chi connectivity index (χ3n) is 5.55. The van der Waals surface area contributed by atoms with Gasteiger partial charge in [0, 0.05) is 37.1 Å². The van der Waals surface area contributed by atoms with Crippen LogP contribution in [0.4, 0.5) is 5.13 Å². The first-order chi connectivity index (χ1) is 15.3. The Labute approximate surface area is 198 Å². The van der Waals surface area contributed by atoms with Gasteiger partial charge in [0.05, 0.1) is 9.92 Å². The minimum atomic E-state index is -3.76. The summed E-state index contributed by atoms with van der Waals surface area (Å²) >= 11 is 7.61. The zero-order chi connectivity index (χ0) is 22.7. The number of anilines is 1. The van der Waals surface area contributed by atoms with E-state index in [-0.39, 0.29) is 16.0 Å². The van der Waals surface area contributed by atoms with Crippen LogP contribution >= 0.6 is 22.9 Å². The van der Waals surface area contributed by atoms with E-state index in [2.05, 4.69) is 52.7 Å². The van der Waals surface area contributed by atoms with Crippen molar-refractivity contribution in [3.05, 3.63) is 70.2 Å². The van der Waals surface area contributed by atoms with Crippen molar-refractivity contribution in [2.75, 3.05) is 17.8 Å². The third kappa shape index (κ3) is 5.61. The van der Waals surface area contributed by atoms with Gasteiger partial charge in [-0.3, -0.25) is 9.62 Å². The van der Waals surface area contributed by atoms with Crippen LogP contribution in [0.15, 0.2) is 58.9 Å². The maximum atomic E-state index is 12.6. The number of hydrogen-bond acceptors (Lipinski definition) is 6. The molecule has 1 fully saturated rings. The number of benzene rings is 2. The summed E-state index contributed by atoms with van der Waals surface area (Å²) in [7, 11) is -3.76. The molecule has 9 heteroatoms. The van der Waals surface area contributed by atoms with E-state index >= 15 is 0 Å². The minimum absolute atomic E-state index is 0.0251. The van der Waals surface area contributed by atoms with Crippen LogP contribution < -0.4 is 9.46 Å². The van der Waals surface area contributed by atoms with Gasteiger partial charge in [0.25, 0.3) is 10.0 Å². The molecule has 1 saturated heterocycles. The number of nitrogens with zero attached hydrogens (tertiary/aromatic N) is 2.